The Morgan fingerprint density at radius 1 is 0.423 bits per heavy atom. The molecule has 0 spiro atoms. The number of aryl methyl sites for hydroxylation is 2. The van der Waals surface area contributed by atoms with Gasteiger partial charge in [0.1, 0.15) is 5.58 Å². The van der Waals surface area contributed by atoms with Crippen molar-refractivity contribution < 1.29 is 4.42 Å². The molecule has 0 N–H and O–H groups in total. The summed E-state index contributed by atoms with van der Waals surface area (Å²) in [7, 11) is 0. The highest BCUT2D eigenvalue weighted by molar-refractivity contribution is 7.00. The summed E-state index contributed by atoms with van der Waals surface area (Å²) in [5.41, 5.74) is 23.2. The molecule has 4 nitrogen and oxygen atoms in total. The molecule has 0 saturated carbocycles. The van der Waals surface area contributed by atoms with E-state index in [-0.39, 0.29) is 28.4 Å². The van der Waals surface area contributed by atoms with E-state index in [0.717, 1.165) is 39.0 Å². The zero-order chi connectivity index (χ0) is 50.1. The van der Waals surface area contributed by atoms with E-state index in [4.69, 9.17) is 4.42 Å². The van der Waals surface area contributed by atoms with Crippen LogP contribution in [0.1, 0.15) is 116 Å². The van der Waals surface area contributed by atoms with Gasteiger partial charge in [0.15, 0.2) is 5.58 Å². The molecule has 8 aromatic carbocycles. The lowest BCUT2D eigenvalue weighted by molar-refractivity contribution is 0.587. The lowest BCUT2D eigenvalue weighted by Crippen LogP contribution is -2.62. The number of hydrogen-bond acceptors (Lipinski definition) is 4. The molecule has 5 heteroatoms. The van der Waals surface area contributed by atoms with Gasteiger partial charge in [0.2, 0.25) is 0 Å². The van der Waals surface area contributed by atoms with Gasteiger partial charge in [-0.25, -0.2) is 0 Å². The summed E-state index contributed by atoms with van der Waals surface area (Å²) in [6.45, 7) is 32.8. The molecule has 2 aliphatic rings. The Bertz CT molecular complexity index is 3440. The first-order valence-electron chi connectivity index (χ1n) is 25.6. The summed E-state index contributed by atoms with van der Waals surface area (Å²) in [6.07, 6.45) is 0. The summed E-state index contributed by atoms with van der Waals surface area (Å²) in [6, 6.07) is 59.6. The summed E-state index contributed by atoms with van der Waals surface area (Å²) in [5.74, 6) is 0. The van der Waals surface area contributed by atoms with Crippen molar-refractivity contribution in [2.45, 2.75) is 119 Å². The topological polar surface area (TPSA) is 22.9 Å². The van der Waals surface area contributed by atoms with Crippen molar-refractivity contribution in [3.63, 3.8) is 0 Å². The number of benzene rings is 8. The maximum atomic E-state index is 6.99. The van der Waals surface area contributed by atoms with Crippen LogP contribution in [0.3, 0.4) is 0 Å². The molecule has 0 bridgehead atoms. The monoisotopic (exact) mass is 930 g/mol. The van der Waals surface area contributed by atoms with Gasteiger partial charge in [0.05, 0.1) is 11.4 Å². The van der Waals surface area contributed by atoms with Crippen molar-refractivity contribution >= 4 is 96.2 Å². The molecule has 0 radical (unpaired) electrons. The van der Waals surface area contributed by atoms with Gasteiger partial charge in [-0.3, -0.25) is 0 Å². The Hall–Kier alpha value is -6.98. The van der Waals surface area contributed by atoms with Crippen LogP contribution in [0, 0.1) is 13.8 Å². The van der Waals surface area contributed by atoms with Crippen molar-refractivity contribution in [1.29, 1.82) is 0 Å². The zero-order valence-electron chi connectivity index (χ0n) is 44.3. The molecule has 2 aliphatic heterocycles. The second-order valence-corrected chi connectivity index (χ2v) is 24.4. The summed E-state index contributed by atoms with van der Waals surface area (Å²) < 4.78 is 6.99. The molecule has 356 valence electrons. The van der Waals surface area contributed by atoms with Gasteiger partial charge in [-0.1, -0.05) is 204 Å². The van der Waals surface area contributed by atoms with Crippen molar-refractivity contribution in [1.82, 2.24) is 0 Å². The lowest BCUT2D eigenvalue weighted by Gasteiger charge is -2.48. The van der Waals surface area contributed by atoms with Gasteiger partial charge in [-0.05, 0) is 122 Å². The largest absolute Gasteiger partial charge is 0.454 e. The summed E-state index contributed by atoms with van der Waals surface area (Å²) in [5, 5.41) is 2.21. The second-order valence-electron chi connectivity index (χ2n) is 24.4. The van der Waals surface area contributed by atoms with Crippen molar-refractivity contribution in [3.8, 4) is 0 Å². The van der Waals surface area contributed by atoms with Gasteiger partial charge < -0.3 is 19.1 Å². The second kappa shape index (κ2) is 16.3. The standard InChI is InChI=1S/C66H68BN3O/c1-41-36-37-52(42(2)38-41)68(55-34-21-25-45-44-24-15-20-35-58(44)71-62(45)55)43-39-56-59-57(40-43)70(54-33-19-17-27-47(54)64(6,7)8)61-49(66(12,13)14)29-23-31-51(61)67(59)50-30-22-28-48(65(9,10)11)60(50)69(56)53-32-18-16-26-46(53)63(3,4)5/h15-40H,1-14H3. The summed E-state index contributed by atoms with van der Waals surface area (Å²) in [4.78, 5) is 7.83. The lowest BCUT2D eigenvalue weighted by atomic mass is 9.33. The Morgan fingerprint density at radius 3 is 1.41 bits per heavy atom. The number of furan rings is 1. The van der Waals surface area contributed by atoms with E-state index >= 15 is 0 Å². The van der Waals surface area contributed by atoms with Crippen LogP contribution in [0.2, 0.25) is 0 Å². The van der Waals surface area contributed by atoms with E-state index in [2.05, 4.69) is 269 Å². The van der Waals surface area contributed by atoms with Crippen LogP contribution in [0.4, 0.5) is 51.2 Å². The van der Waals surface area contributed by atoms with Gasteiger partial charge in [0, 0.05) is 50.6 Å². The molecule has 9 aromatic rings. The van der Waals surface area contributed by atoms with E-state index < -0.39 is 0 Å². The minimum absolute atomic E-state index is 0.0619. The molecule has 0 aliphatic carbocycles. The molecule has 0 unspecified atom stereocenters. The smallest absolute Gasteiger partial charge is 0.252 e. The molecular formula is C66H68BN3O. The minimum atomic E-state index is -0.178. The predicted octanol–water partition coefficient (Wildman–Crippen LogP) is 16.9. The normalized spacial score (nSPS) is 13.7. The number of rotatable bonds is 5. The molecule has 0 amide bonds. The molecule has 0 atom stereocenters. The average Bonchev–Trinajstić information content (AvgIpc) is 3.70. The minimum Gasteiger partial charge on any atom is -0.454 e. The van der Waals surface area contributed by atoms with E-state index in [1.54, 1.807) is 0 Å². The fourth-order valence-corrected chi connectivity index (χ4v) is 11.9. The maximum Gasteiger partial charge on any atom is 0.252 e. The number of anilines is 9. The van der Waals surface area contributed by atoms with Crippen LogP contribution in [0.15, 0.2) is 162 Å². The van der Waals surface area contributed by atoms with Gasteiger partial charge in [0.25, 0.3) is 6.71 Å². The quantitative estimate of drug-likeness (QED) is 0.160. The SMILES string of the molecule is Cc1ccc(N(c2cc3c4c(c2)N(c2ccccc2C(C)(C)C)c2c(cccc2C(C)(C)C)B4c2cccc(C(C)(C)C)c2N3c2ccccc2C(C)(C)C)c2cccc3c2oc2ccccc23)c(C)c1. The Kier molecular flexibility index (Phi) is 10.6. The maximum absolute atomic E-state index is 6.99. The molecule has 1 aromatic heterocycles. The van der Waals surface area contributed by atoms with Gasteiger partial charge >= 0.3 is 0 Å². The highest BCUT2D eigenvalue weighted by Crippen LogP contribution is 2.54. The van der Waals surface area contributed by atoms with Crippen LogP contribution in [0.25, 0.3) is 21.9 Å². The van der Waals surface area contributed by atoms with Crippen molar-refractivity contribution in [3.05, 3.63) is 191 Å². The van der Waals surface area contributed by atoms with Gasteiger partial charge in [-0.2, -0.15) is 0 Å². The molecular weight excluding hydrogens is 862 g/mol. The first-order valence-corrected chi connectivity index (χ1v) is 25.6. The number of para-hydroxylation sites is 6. The molecule has 71 heavy (non-hydrogen) atoms. The van der Waals surface area contributed by atoms with E-state index in [1.807, 2.05) is 0 Å². The Labute approximate surface area is 423 Å². The third kappa shape index (κ3) is 7.49. The zero-order valence-corrected chi connectivity index (χ0v) is 44.3. The van der Waals surface area contributed by atoms with Crippen LogP contribution < -0.4 is 31.1 Å². The average molecular weight is 930 g/mol. The van der Waals surface area contributed by atoms with Crippen LogP contribution >= 0.6 is 0 Å². The first-order chi connectivity index (χ1) is 33.6. The Balaban J connectivity index is 1.37. The van der Waals surface area contributed by atoms with Crippen molar-refractivity contribution in [2.75, 3.05) is 14.7 Å². The highest BCUT2D eigenvalue weighted by atomic mass is 16.3. The van der Waals surface area contributed by atoms with E-state index in [0.29, 0.717) is 0 Å². The fraction of sp³-hybridized carbons (Fsp3) is 0.273. The van der Waals surface area contributed by atoms with Crippen molar-refractivity contribution in [2.24, 2.45) is 0 Å². The number of nitrogens with zero attached hydrogens (tertiary/aromatic N) is 3. The third-order valence-corrected chi connectivity index (χ3v) is 15.1. The van der Waals surface area contributed by atoms with Gasteiger partial charge in [-0.15, -0.1) is 0 Å². The molecule has 3 heterocycles. The fourth-order valence-electron chi connectivity index (χ4n) is 11.9. The molecule has 0 saturated heterocycles. The predicted molar refractivity (Wildman–Crippen MR) is 307 cm³/mol. The number of hydrogen-bond donors (Lipinski definition) is 0. The van der Waals surface area contributed by atoms with Crippen LogP contribution in [-0.4, -0.2) is 6.71 Å². The first kappa shape index (κ1) is 46.4. The van der Waals surface area contributed by atoms with E-state index in [1.165, 1.54) is 83.9 Å². The Morgan fingerprint density at radius 2 is 0.887 bits per heavy atom. The molecule has 11 rings (SSSR count). The van der Waals surface area contributed by atoms with Crippen LogP contribution in [-0.2, 0) is 21.7 Å². The summed E-state index contributed by atoms with van der Waals surface area (Å²) >= 11 is 0. The van der Waals surface area contributed by atoms with E-state index in [9.17, 15) is 0 Å². The number of fused-ring (bicyclic) bond motifs is 7. The van der Waals surface area contributed by atoms with Crippen LogP contribution in [0.5, 0.6) is 0 Å². The highest BCUT2D eigenvalue weighted by Gasteiger charge is 2.48. The molecule has 0 fully saturated rings. The third-order valence-electron chi connectivity index (χ3n) is 15.1.